The number of nitrogens with zero attached hydrogens (tertiary/aromatic N) is 3. The maximum Gasteiger partial charge on any atom is 0.234 e. The highest BCUT2D eigenvalue weighted by Gasteiger charge is 2.40. The molecule has 0 bridgehead atoms. The first-order valence-corrected chi connectivity index (χ1v) is 14.0. The van der Waals surface area contributed by atoms with Gasteiger partial charge in [-0.05, 0) is 73.2 Å². The Morgan fingerprint density at radius 1 is 0.971 bits per heavy atom. The molecule has 4 rings (SSSR count). The molecule has 0 radical (unpaired) electrons. The van der Waals surface area contributed by atoms with Gasteiger partial charge in [0.05, 0.1) is 12.1 Å². The summed E-state index contributed by atoms with van der Waals surface area (Å²) < 4.78 is 24.2. The summed E-state index contributed by atoms with van der Waals surface area (Å²) in [5.74, 6) is 1.14. The third-order valence-corrected chi connectivity index (χ3v) is 8.36. The molecule has 0 saturated carbocycles. The van der Waals surface area contributed by atoms with Gasteiger partial charge < -0.3 is 4.90 Å². The Hall–Kier alpha value is -0.990. The number of rotatable bonds is 9. The van der Waals surface area contributed by atoms with Crippen LogP contribution in [0.3, 0.4) is 0 Å². The summed E-state index contributed by atoms with van der Waals surface area (Å²) in [4.78, 5) is 4.89. The molecule has 1 N–H and O–H groups in total. The highest BCUT2D eigenvalue weighted by molar-refractivity contribution is 7.76. The zero-order valence-electron chi connectivity index (χ0n) is 19.9. The van der Waals surface area contributed by atoms with Gasteiger partial charge in [0, 0.05) is 36.2 Å². The second-order valence-corrected chi connectivity index (χ2v) is 11.9. The van der Waals surface area contributed by atoms with Gasteiger partial charge in [0.1, 0.15) is 0 Å². The first kappa shape index (κ1) is 26.1. The van der Waals surface area contributed by atoms with Crippen molar-refractivity contribution in [1.29, 1.82) is 0 Å². The summed E-state index contributed by atoms with van der Waals surface area (Å²) in [6.45, 7) is 9.99. The summed E-state index contributed by atoms with van der Waals surface area (Å²) >= 11 is 10.3. The lowest BCUT2D eigenvalue weighted by Crippen LogP contribution is -2.61. The van der Waals surface area contributed by atoms with Crippen molar-refractivity contribution < 1.29 is 8.76 Å². The van der Waals surface area contributed by atoms with Crippen LogP contribution in [-0.2, 0) is 11.3 Å². The van der Waals surface area contributed by atoms with Crippen molar-refractivity contribution >= 4 is 34.5 Å². The zero-order chi connectivity index (χ0) is 24.2. The molecule has 5 nitrogen and oxygen atoms in total. The number of likely N-dealkylation sites (tertiary alicyclic amines) is 2. The van der Waals surface area contributed by atoms with Gasteiger partial charge in [-0.25, -0.2) is 4.21 Å². The summed E-state index contributed by atoms with van der Waals surface area (Å²) in [5, 5.41) is 1.42. The van der Waals surface area contributed by atoms with Crippen LogP contribution in [0.1, 0.15) is 43.9 Å². The average Bonchev–Trinajstić information content (AvgIpc) is 2.77. The lowest BCUT2D eigenvalue weighted by atomic mass is 9.92. The molecule has 2 aliphatic heterocycles. The Kier molecular flexibility index (Phi) is 9.08. The van der Waals surface area contributed by atoms with Crippen molar-refractivity contribution in [3.05, 3.63) is 69.7 Å². The van der Waals surface area contributed by atoms with Crippen LogP contribution in [0.25, 0.3) is 0 Å². The van der Waals surface area contributed by atoms with Crippen molar-refractivity contribution in [3.63, 3.8) is 0 Å². The highest BCUT2D eigenvalue weighted by atomic mass is 35.5. The highest BCUT2D eigenvalue weighted by Crippen LogP contribution is 2.35. The summed E-state index contributed by atoms with van der Waals surface area (Å²) in [6, 6.07) is 16.0. The fourth-order valence-corrected chi connectivity index (χ4v) is 6.23. The van der Waals surface area contributed by atoms with Crippen LogP contribution < -0.4 is 0 Å². The Morgan fingerprint density at radius 3 is 1.91 bits per heavy atom. The van der Waals surface area contributed by atoms with Crippen LogP contribution in [0.15, 0.2) is 48.5 Å². The van der Waals surface area contributed by atoms with Crippen LogP contribution in [-0.4, -0.2) is 68.2 Å². The lowest BCUT2D eigenvalue weighted by molar-refractivity contribution is 0.0411. The van der Waals surface area contributed by atoms with E-state index in [9.17, 15) is 8.76 Å². The third kappa shape index (κ3) is 6.61. The van der Waals surface area contributed by atoms with Gasteiger partial charge >= 0.3 is 0 Å². The molecule has 2 heterocycles. The Bertz CT molecular complexity index is 898. The molecule has 2 fully saturated rings. The monoisotopic (exact) mass is 523 g/mol. The SMILES string of the molecule is CC(C)CN1CCC(CN(C2CN(C(c3ccc(Cl)cc3)c3ccc(Cl)cc3)C2)S(=O)O)CC1. The Morgan fingerprint density at radius 2 is 1.47 bits per heavy atom. The maximum atomic E-state index is 12.3. The molecule has 2 aliphatic rings. The summed E-state index contributed by atoms with van der Waals surface area (Å²) in [7, 11) is 0. The smallest absolute Gasteiger partial charge is 0.234 e. The van der Waals surface area contributed by atoms with E-state index in [0.717, 1.165) is 56.7 Å². The molecule has 0 aromatic heterocycles. The van der Waals surface area contributed by atoms with Gasteiger partial charge in [0.2, 0.25) is 11.3 Å². The molecular formula is C26H35Cl2N3O2S. The topological polar surface area (TPSA) is 47.0 Å². The van der Waals surface area contributed by atoms with Crippen LogP contribution in [0.5, 0.6) is 0 Å². The minimum Gasteiger partial charge on any atom is -0.303 e. The first-order chi connectivity index (χ1) is 16.3. The van der Waals surface area contributed by atoms with E-state index in [1.165, 1.54) is 0 Å². The third-order valence-electron chi connectivity index (χ3n) is 7.00. The number of piperidine rings is 1. The number of hydrogen-bond donors (Lipinski definition) is 1. The molecule has 186 valence electrons. The van der Waals surface area contributed by atoms with E-state index in [4.69, 9.17) is 23.2 Å². The van der Waals surface area contributed by atoms with Crippen molar-refractivity contribution in [1.82, 2.24) is 14.1 Å². The summed E-state index contributed by atoms with van der Waals surface area (Å²) in [5.41, 5.74) is 2.30. The molecule has 1 unspecified atom stereocenters. The summed E-state index contributed by atoms with van der Waals surface area (Å²) in [6.07, 6.45) is 2.18. The van der Waals surface area contributed by atoms with Crippen LogP contribution in [0.4, 0.5) is 0 Å². The van der Waals surface area contributed by atoms with E-state index in [-0.39, 0.29) is 12.1 Å². The molecule has 2 saturated heterocycles. The van der Waals surface area contributed by atoms with E-state index in [0.29, 0.717) is 28.4 Å². The Labute approximate surface area is 216 Å². The maximum absolute atomic E-state index is 12.3. The van der Waals surface area contributed by atoms with Crippen LogP contribution in [0, 0.1) is 11.8 Å². The van der Waals surface area contributed by atoms with Gasteiger partial charge in [-0.15, -0.1) is 0 Å². The first-order valence-electron chi connectivity index (χ1n) is 12.1. The molecule has 2 aromatic carbocycles. The quantitative estimate of drug-likeness (QED) is 0.436. The molecule has 2 aromatic rings. The van der Waals surface area contributed by atoms with Gasteiger partial charge in [-0.2, -0.15) is 4.31 Å². The van der Waals surface area contributed by atoms with E-state index in [2.05, 4.69) is 47.9 Å². The molecule has 0 spiro atoms. The van der Waals surface area contributed by atoms with Crippen molar-refractivity contribution in [3.8, 4) is 0 Å². The molecule has 1 atom stereocenters. The fraction of sp³-hybridized carbons (Fsp3) is 0.538. The number of benzene rings is 2. The van der Waals surface area contributed by atoms with Crippen molar-refractivity contribution in [2.45, 2.75) is 38.8 Å². The van der Waals surface area contributed by atoms with Crippen molar-refractivity contribution in [2.24, 2.45) is 11.8 Å². The van der Waals surface area contributed by atoms with E-state index >= 15 is 0 Å². The fourth-order valence-electron chi connectivity index (χ4n) is 5.25. The largest absolute Gasteiger partial charge is 0.303 e. The number of hydrogen-bond acceptors (Lipinski definition) is 3. The normalized spacial score (nSPS) is 19.8. The van der Waals surface area contributed by atoms with Crippen LogP contribution >= 0.6 is 23.2 Å². The van der Waals surface area contributed by atoms with Gasteiger partial charge in [0.25, 0.3) is 0 Å². The molecular weight excluding hydrogens is 489 g/mol. The Balaban J connectivity index is 1.41. The predicted octanol–water partition coefficient (Wildman–Crippen LogP) is 5.57. The van der Waals surface area contributed by atoms with Crippen molar-refractivity contribution in [2.75, 3.05) is 39.3 Å². The van der Waals surface area contributed by atoms with Gasteiger partial charge in [-0.3, -0.25) is 9.45 Å². The predicted molar refractivity (Wildman–Crippen MR) is 142 cm³/mol. The molecule has 8 heteroatoms. The molecule has 34 heavy (non-hydrogen) atoms. The minimum absolute atomic E-state index is 0.0547. The lowest BCUT2D eigenvalue weighted by Gasteiger charge is -2.48. The van der Waals surface area contributed by atoms with E-state index in [1.54, 1.807) is 4.31 Å². The van der Waals surface area contributed by atoms with E-state index in [1.807, 2.05) is 24.3 Å². The standard InChI is InChI=1S/C26H35Cl2N3O2S/c1-19(2)15-29-13-11-20(12-14-29)16-31(34(32)33)25-17-30(18-25)26(21-3-7-23(27)8-4-21)22-5-9-24(28)10-6-22/h3-10,19-20,25-26H,11-18H2,1-2H3,(H,32,33). The number of halogens is 2. The molecule has 0 amide bonds. The minimum atomic E-state index is -1.97. The van der Waals surface area contributed by atoms with E-state index < -0.39 is 11.3 Å². The second-order valence-electron chi connectivity index (χ2n) is 10.1. The van der Waals surface area contributed by atoms with Gasteiger partial charge in [-0.1, -0.05) is 61.3 Å². The second kappa shape index (κ2) is 11.8. The zero-order valence-corrected chi connectivity index (χ0v) is 22.3. The average molecular weight is 525 g/mol. The molecule has 0 aliphatic carbocycles. The van der Waals surface area contributed by atoms with Crippen LogP contribution in [0.2, 0.25) is 10.0 Å². The van der Waals surface area contributed by atoms with Gasteiger partial charge in [0.15, 0.2) is 0 Å².